The number of hydrogen-bond donors (Lipinski definition) is 0. The van der Waals surface area contributed by atoms with E-state index in [2.05, 4.69) is 4.98 Å². The van der Waals surface area contributed by atoms with E-state index >= 15 is 0 Å². The van der Waals surface area contributed by atoms with Crippen LogP contribution in [0.1, 0.15) is 23.2 Å². The van der Waals surface area contributed by atoms with Gasteiger partial charge in [0, 0.05) is 37.3 Å². The Kier molecular flexibility index (Phi) is 3.83. The quantitative estimate of drug-likeness (QED) is 0.584. The van der Waals surface area contributed by atoms with Gasteiger partial charge in [0.15, 0.2) is 5.78 Å². The van der Waals surface area contributed by atoms with Gasteiger partial charge in [-0.2, -0.15) is 0 Å². The molecule has 3 heteroatoms. The number of methoxy groups -OCH3 is 1. The maximum absolute atomic E-state index is 11.9. The van der Waals surface area contributed by atoms with Crippen LogP contribution in [-0.4, -0.2) is 24.5 Å². The minimum absolute atomic E-state index is 0.125. The minimum Gasteiger partial charge on any atom is -0.385 e. The molecule has 0 aliphatic carbocycles. The van der Waals surface area contributed by atoms with Gasteiger partial charge < -0.3 is 4.74 Å². The summed E-state index contributed by atoms with van der Waals surface area (Å²) >= 11 is 0. The number of carbonyl (C=O) groups is 1. The first-order chi connectivity index (χ1) is 8.31. The molecule has 2 aromatic rings. The summed E-state index contributed by atoms with van der Waals surface area (Å²) < 4.78 is 4.93. The number of ketones is 1. The molecule has 1 heterocycles. The molecular formula is C14H15NO2. The number of benzene rings is 1. The zero-order valence-electron chi connectivity index (χ0n) is 9.85. The van der Waals surface area contributed by atoms with Crippen molar-refractivity contribution >= 4 is 16.7 Å². The van der Waals surface area contributed by atoms with Gasteiger partial charge in [0.05, 0.1) is 5.52 Å². The molecule has 0 saturated carbocycles. The Morgan fingerprint density at radius 3 is 3.00 bits per heavy atom. The van der Waals surface area contributed by atoms with E-state index in [1.165, 1.54) is 0 Å². The molecule has 2 rings (SSSR count). The number of Topliss-reactive ketones (excluding diaryl/α,β-unsaturated/α-hetero) is 1. The highest BCUT2D eigenvalue weighted by molar-refractivity contribution is 5.98. The van der Waals surface area contributed by atoms with Gasteiger partial charge in [0.2, 0.25) is 0 Å². The maximum Gasteiger partial charge on any atom is 0.164 e. The standard InChI is InChI=1S/C14H15NO2/c1-17-8-4-7-14(16)12-9-11-5-2-3-6-13(11)15-10-12/h2-3,5-6,9-10H,4,7-8H2,1H3. The van der Waals surface area contributed by atoms with Crippen LogP contribution in [0.4, 0.5) is 0 Å². The van der Waals surface area contributed by atoms with E-state index in [9.17, 15) is 4.79 Å². The molecule has 0 aliphatic heterocycles. The SMILES string of the molecule is COCCCC(=O)c1cnc2ccccc2c1. The van der Waals surface area contributed by atoms with Crippen molar-refractivity contribution in [1.82, 2.24) is 4.98 Å². The van der Waals surface area contributed by atoms with Crippen molar-refractivity contribution in [1.29, 1.82) is 0 Å². The Balaban J connectivity index is 2.15. The summed E-state index contributed by atoms with van der Waals surface area (Å²) in [5, 5.41) is 1.00. The van der Waals surface area contributed by atoms with Gasteiger partial charge in [-0.05, 0) is 18.6 Å². The van der Waals surface area contributed by atoms with Crippen LogP contribution < -0.4 is 0 Å². The predicted molar refractivity (Wildman–Crippen MR) is 67.2 cm³/mol. The molecule has 1 aromatic heterocycles. The highest BCUT2D eigenvalue weighted by Crippen LogP contribution is 2.14. The molecular weight excluding hydrogens is 214 g/mol. The zero-order chi connectivity index (χ0) is 12.1. The van der Waals surface area contributed by atoms with Crippen molar-refractivity contribution < 1.29 is 9.53 Å². The molecule has 0 spiro atoms. The summed E-state index contributed by atoms with van der Waals surface area (Å²) in [4.78, 5) is 16.1. The second kappa shape index (κ2) is 5.55. The number of rotatable bonds is 5. The molecule has 0 radical (unpaired) electrons. The van der Waals surface area contributed by atoms with Gasteiger partial charge in [-0.25, -0.2) is 0 Å². The maximum atomic E-state index is 11.9. The summed E-state index contributed by atoms with van der Waals surface area (Å²) in [5.74, 6) is 0.125. The number of fused-ring (bicyclic) bond motifs is 1. The summed E-state index contributed by atoms with van der Waals surface area (Å²) in [7, 11) is 1.64. The lowest BCUT2D eigenvalue weighted by molar-refractivity contribution is 0.0963. The highest BCUT2D eigenvalue weighted by Gasteiger charge is 2.06. The summed E-state index contributed by atoms with van der Waals surface area (Å²) in [6.45, 7) is 0.618. The fourth-order valence-electron chi connectivity index (χ4n) is 1.74. The van der Waals surface area contributed by atoms with E-state index in [0.29, 0.717) is 18.6 Å². The number of nitrogens with zero attached hydrogens (tertiary/aromatic N) is 1. The van der Waals surface area contributed by atoms with Crippen LogP contribution in [-0.2, 0) is 4.74 Å². The van der Waals surface area contributed by atoms with E-state index < -0.39 is 0 Å². The van der Waals surface area contributed by atoms with Crippen LogP contribution in [0, 0.1) is 0 Å². The van der Waals surface area contributed by atoms with Gasteiger partial charge in [-0.3, -0.25) is 9.78 Å². The van der Waals surface area contributed by atoms with Crippen LogP contribution in [0.15, 0.2) is 36.5 Å². The van der Waals surface area contributed by atoms with E-state index in [-0.39, 0.29) is 5.78 Å². The number of hydrogen-bond acceptors (Lipinski definition) is 3. The van der Waals surface area contributed by atoms with Gasteiger partial charge in [-0.1, -0.05) is 18.2 Å². The predicted octanol–water partition coefficient (Wildman–Crippen LogP) is 2.84. The molecule has 0 saturated heterocycles. The number of carbonyl (C=O) groups excluding carboxylic acids is 1. The molecule has 17 heavy (non-hydrogen) atoms. The Morgan fingerprint density at radius 2 is 2.18 bits per heavy atom. The van der Waals surface area contributed by atoms with Crippen LogP contribution in [0.5, 0.6) is 0 Å². The van der Waals surface area contributed by atoms with Crippen LogP contribution in [0.25, 0.3) is 10.9 Å². The zero-order valence-corrected chi connectivity index (χ0v) is 9.85. The van der Waals surface area contributed by atoms with E-state index in [1.807, 2.05) is 30.3 Å². The van der Waals surface area contributed by atoms with Gasteiger partial charge in [0.1, 0.15) is 0 Å². The largest absolute Gasteiger partial charge is 0.385 e. The average Bonchev–Trinajstić information content (AvgIpc) is 2.38. The Labute approximate surface area is 100 Å². The number of pyridine rings is 1. The van der Waals surface area contributed by atoms with Gasteiger partial charge in [-0.15, -0.1) is 0 Å². The van der Waals surface area contributed by atoms with E-state index in [4.69, 9.17) is 4.74 Å². The van der Waals surface area contributed by atoms with E-state index in [0.717, 1.165) is 17.3 Å². The third-order valence-electron chi connectivity index (χ3n) is 2.66. The van der Waals surface area contributed by atoms with Gasteiger partial charge in [0.25, 0.3) is 0 Å². The first-order valence-corrected chi connectivity index (χ1v) is 5.68. The Hall–Kier alpha value is -1.74. The van der Waals surface area contributed by atoms with Crippen LogP contribution >= 0.6 is 0 Å². The highest BCUT2D eigenvalue weighted by atomic mass is 16.5. The Morgan fingerprint density at radius 1 is 1.35 bits per heavy atom. The number of para-hydroxylation sites is 1. The molecule has 3 nitrogen and oxygen atoms in total. The monoisotopic (exact) mass is 229 g/mol. The molecule has 0 unspecified atom stereocenters. The Bertz CT molecular complexity index is 522. The molecule has 0 N–H and O–H groups in total. The number of ether oxygens (including phenoxy) is 1. The first-order valence-electron chi connectivity index (χ1n) is 5.68. The minimum atomic E-state index is 0.125. The third-order valence-corrected chi connectivity index (χ3v) is 2.66. The fraction of sp³-hybridized carbons (Fsp3) is 0.286. The molecule has 88 valence electrons. The van der Waals surface area contributed by atoms with Gasteiger partial charge >= 0.3 is 0 Å². The normalized spacial score (nSPS) is 10.6. The van der Waals surface area contributed by atoms with Crippen molar-refractivity contribution in [3.05, 3.63) is 42.1 Å². The van der Waals surface area contributed by atoms with Crippen LogP contribution in [0.2, 0.25) is 0 Å². The molecule has 0 aliphatic rings. The number of aromatic nitrogens is 1. The average molecular weight is 229 g/mol. The molecule has 0 atom stereocenters. The molecule has 0 fully saturated rings. The van der Waals surface area contributed by atoms with E-state index in [1.54, 1.807) is 13.3 Å². The molecule has 1 aromatic carbocycles. The fourth-order valence-corrected chi connectivity index (χ4v) is 1.74. The van der Waals surface area contributed by atoms with Crippen molar-refractivity contribution in [2.45, 2.75) is 12.8 Å². The van der Waals surface area contributed by atoms with Crippen molar-refractivity contribution in [2.75, 3.05) is 13.7 Å². The smallest absolute Gasteiger partial charge is 0.164 e. The first kappa shape index (κ1) is 11.7. The molecule has 0 bridgehead atoms. The van der Waals surface area contributed by atoms with Crippen molar-refractivity contribution in [3.8, 4) is 0 Å². The lowest BCUT2D eigenvalue weighted by atomic mass is 10.1. The second-order valence-electron chi connectivity index (χ2n) is 3.94. The van der Waals surface area contributed by atoms with Crippen molar-refractivity contribution in [3.63, 3.8) is 0 Å². The summed E-state index contributed by atoms with van der Waals surface area (Å²) in [5.41, 5.74) is 1.60. The lowest BCUT2D eigenvalue weighted by Crippen LogP contribution is -2.02. The lowest BCUT2D eigenvalue weighted by Gasteiger charge is -2.02. The summed E-state index contributed by atoms with van der Waals surface area (Å²) in [6, 6.07) is 9.69. The summed E-state index contributed by atoms with van der Waals surface area (Å²) in [6.07, 6.45) is 2.91. The van der Waals surface area contributed by atoms with Crippen molar-refractivity contribution in [2.24, 2.45) is 0 Å². The topological polar surface area (TPSA) is 39.2 Å². The second-order valence-corrected chi connectivity index (χ2v) is 3.94. The third kappa shape index (κ3) is 2.88. The van der Waals surface area contributed by atoms with Crippen LogP contribution in [0.3, 0.4) is 0 Å². The molecule has 0 amide bonds.